The monoisotopic (exact) mass is 382 g/mol. The normalized spacial score (nSPS) is 15.6. The molecule has 1 aromatic heterocycles. The highest BCUT2D eigenvalue weighted by Gasteiger charge is 2.31. The van der Waals surface area contributed by atoms with Crippen molar-refractivity contribution < 1.29 is 22.4 Å². The van der Waals surface area contributed by atoms with Gasteiger partial charge in [0, 0.05) is 32.4 Å². The third-order valence-corrected chi connectivity index (χ3v) is 4.29. The lowest BCUT2D eigenvalue weighted by Crippen LogP contribution is -2.49. The number of anilines is 2. The van der Waals surface area contributed by atoms with Crippen molar-refractivity contribution in [1.82, 2.24) is 9.88 Å². The Bertz CT molecular complexity index is 787. The number of nitrogens with zero attached hydrogens (tertiary/aromatic N) is 3. The molecular weight excluding hydrogens is 364 g/mol. The summed E-state index contributed by atoms with van der Waals surface area (Å²) in [4.78, 5) is 19.7. The molecule has 0 saturated carbocycles. The van der Waals surface area contributed by atoms with E-state index >= 15 is 0 Å². The van der Waals surface area contributed by atoms with Crippen LogP contribution in [0.3, 0.4) is 0 Å². The molecule has 1 fully saturated rings. The van der Waals surface area contributed by atoms with Crippen LogP contribution in [0.4, 0.5) is 29.1 Å². The van der Waals surface area contributed by atoms with E-state index < -0.39 is 17.6 Å². The highest BCUT2D eigenvalue weighted by Crippen LogP contribution is 2.29. The van der Waals surface area contributed by atoms with E-state index in [1.54, 1.807) is 12.1 Å². The van der Waals surface area contributed by atoms with E-state index in [0.29, 0.717) is 32.0 Å². The predicted octanol–water partition coefficient (Wildman–Crippen LogP) is 3.00. The Hall–Kier alpha value is -2.68. The fraction of sp³-hybridized carbons (Fsp3) is 0.333. The van der Waals surface area contributed by atoms with Gasteiger partial charge < -0.3 is 10.2 Å². The summed E-state index contributed by atoms with van der Waals surface area (Å²) in [5.74, 6) is -0.344. The Kier molecular flexibility index (Phi) is 5.59. The molecule has 0 unspecified atom stereocenters. The minimum atomic E-state index is -4.41. The topological polar surface area (TPSA) is 48.5 Å². The van der Waals surface area contributed by atoms with Crippen molar-refractivity contribution in [2.45, 2.75) is 6.18 Å². The summed E-state index contributed by atoms with van der Waals surface area (Å²) in [5, 5.41) is 2.53. The van der Waals surface area contributed by atoms with Crippen LogP contribution in [0.15, 0.2) is 42.6 Å². The van der Waals surface area contributed by atoms with Crippen molar-refractivity contribution in [3.63, 3.8) is 0 Å². The number of nitrogens with one attached hydrogen (secondary N) is 1. The zero-order valence-corrected chi connectivity index (χ0v) is 14.3. The zero-order valence-electron chi connectivity index (χ0n) is 14.3. The Morgan fingerprint density at radius 3 is 2.37 bits per heavy atom. The summed E-state index contributed by atoms with van der Waals surface area (Å²) in [6.07, 6.45) is -3.58. The highest BCUT2D eigenvalue weighted by molar-refractivity contribution is 5.92. The van der Waals surface area contributed by atoms with E-state index in [0.717, 1.165) is 12.3 Å². The van der Waals surface area contributed by atoms with Crippen molar-refractivity contribution in [1.29, 1.82) is 0 Å². The number of para-hydroxylation sites is 1. The smallest absolute Gasteiger partial charge is 0.354 e. The zero-order chi connectivity index (χ0) is 19.4. The second-order valence-corrected chi connectivity index (χ2v) is 6.19. The largest absolute Gasteiger partial charge is 0.417 e. The van der Waals surface area contributed by atoms with Gasteiger partial charge in [0.2, 0.25) is 5.91 Å². The minimum Gasteiger partial charge on any atom is -0.354 e. The highest BCUT2D eigenvalue weighted by atomic mass is 19.4. The van der Waals surface area contributed by atoms with E-state index in [-0.39, 0.29) is 18.1 Å². The molecule has 27 heavy (non-hydrogen) atoms. The third kappa shape index (κ3) is 4.94. The maximum absolute atomic E-state index is 13.6. The SMILES string of the molecule is O=C(CN1CCN(c2ccc(C(F)(F)F)cn2)CC1)Nc1ccccc1F. The molecule has 0 radical (unpaired) electrons. The lowest BCUT2D eigenvalue weighted by atomic mass is 10.2. The predicted molar refractivity (Wildman–Crippen MR) is 92.9 cm³/mol. The lowest BCUT2D eigenvalue weighted by Gasteiger charge is -2.35. The van der Waals surface area contributed by atoms with E-state index in [9.17, 15) is 22.4 Å². The van der Waals surface area contributed by atoms with Gasteiger partial charge in [-0.15, -0.1) is 0 Å². The number of piperazine rings is 1. The Morgan fingerprint density at radius 1 is 1.07 bits per heavy atom. The quantitative estimate of drug-likeness (QED) is 0.826. The Morgan fingerprint density at radius 2 is 1.78 bits per heavy atom. The Labute approximate surface area is 153 Å². The molecule has 0 spiro atoms. The third-order valence-electron chi connectivity index (χ3n) is 4.29. The van der Waals surface area contributed by atoms with Gasteiger partial charge in [0.05, 0.1) is 17.8 Å². The summed E-state index contributed by atoms with van der Waals surface area (Å²) in [6.45, 7) is 2.28. The van der Waals surface area contributed by atoms with Gasteiger partial charge in [0.25, 0.3) is 0 Å². The lowest BCUT2D eigenvalue weighted by molar-refractivity contribution is -0.137. The van der Waals surface area contributed by atoms with Gasteiger partial charge >= 0.3 is 6.18 Å². The molecule has 144 valence electrons. The number of aromatic nitrogens is 1. The summed E-state index contributed by atoms with van der Waals surface area (Å²) in [7, 11) is 0. The number of carbonyl (C=O) groups excluding carboxylic acids is 1. The van der Waals surface area contributed by atoms with Crippen molar-refractivity contribution in [3.05, 3.63) is 54.0 Å². The van der Waals surface area contributed by atoms with Gasteiger partial charge in [0.15, 0.2) is 0 Å². The first kappa shape index (κ1) is 19.1. The number of rotatable bonds is 4. The Balaban J connectivity index is 1.50. The first-order chi connectivity index (χ1) is 12.8. The fourth-order valence-corrected chi connectivity index (χ4v) is 2.83. The fourth-order valence-electron chi connectivity index (χ4n) is 2.83. The number of halogens is 4. The van der Waals surface area contributed by atoms with Gasteiger partial charge in [-0.2, -0.15) is 13.2 Å². The molecule has 9 heteroatoms. The first-order valence-corrected chi connectivity index (χ1v) is 8.38. The van der Waals surface area contributed by atoms with Crippen LogP contribution in [0.1, 0.15) is 5.56 Å². The van der Waals surface area contributed by atoms with Crippen LogP contribution in [-0.4, -0.2) is 48.5 Å². The molecule has 1 aliphatic rings. The number of amides is 1. The molecule has 2 heterocycles. The summed E-state index contributed by atoms with van der Waals surface area (Å²) < 4.78 is 51.3. The van der Waals surface area contributed by atoms with Crippen molar-refractivity contribution in [2.24, 2.45) is 0 Å². The van der Waals surface area contributed by atoms with Crippen molar-refractivity contribution >= 4 is 17.4 Å². The average Bonchev–Trinajstić information content (AvgIpc) is 2.64. The molecule has 0 atom stereocenters. The number of carbonyl (C=O) groups is 1. The van der Waals surface area contributed by atoms with Gasteiger partial charge in [-0.25, -0.2) is 9.37 Å². The van der Waals surface area contributed by atoms with Crippen LogP contribution in [0.25, 0.3) is 0 Å². The molecule has 1 aliphatic heterocycles. The maximum Gasteiger partial charge on any atom is 0.417 e. The molecule has 0 bridgehead atoms. The summed E-state index contributed by atoms with van der Waals surface area (Å²) >= 11 is 0. The van der Waals surface area contributed by atoms with Crippen molar-refractivity contribution in [3.8, 4) is 0 Å². The number of hydrogen-bond donors (Lipinski definition) is 1. The van der Waals surface area contributed by atoms with Crippen LogP contribution in [-0.2, 0) is 11.0 Å². The van der Waals surface area contributed by atoms with Crippen molar-refractivity contribution in [2.75, 3.05) is 42.9 Å². The van der Waals surface area contributed by atoms with Crippen LogP contribution >= 0.6 is 0 Å². The molecule has 0 aliphatic carbocycles. The van der Waals surface area contributed by atoms with E-state index in [4.69, 9.17) is 0 Å². The minimum absolute atomic E-state index is 0.114. The summed E-state index contributed by atoms with van der Waals surface area (Å²) in [6, 6.07) is 8.29. The maximum atomic E-state index is 13.6. The number of pyridine rings is 1. The van der Waals surface area contributed by atoms with E-state index in [2.05, 4.69) is 10.3 Å². The van der Waals surface area contributed by atoms with E-state index in [1.165, 1.54) is 18.2 Å². The first-order valence-electron chi connectivity index (χ1n) is 8.38. The second kappa shape index (κ2) is 7.91. The standard InChI is InChI=1S/C18H18F4N4O/c19-14-3-1-2-4-15(14)24-17(27)12-25-7-9-26(10-8-25)16-6-5-13(11-23-16)18(20,21)22/h1-6,11H,7-10,12H2,(H,24,27). The van der Waals surface area contributed by atoms with Crippen LogP contribution < -0.4 is 10.2 Å². The average molecular weight is 382 g/mol. The molecule has 5 nitrogen and oxygen atoms in total. The number of benzene rings is 1. The molecular formula is C18H18F4N4O. The summed E-state index contributed by atoms with van der Waals surface area (Å²) in [5.41, 5.74) is -0.648. The molecule has 1 amide bonds. The second-order valence-electron chi connectivity index (χ2n) is 6.19. The van der Waals surface area contributed by atoms with Crippen LogP contribution in [0.2, 0.25) is 0 Å². The molecule has 3 rings (SSSR count). The van der Waals surface area contributed by atoms with E-state index in [1.807, 2.05) is 9.80 Å². The van der Waals surface area contributed by atoms with Crippen LogP contribution in [0, 0.1) is 5.82 Å². The number of alkyl halides is 3. The molecule has 1 aromatic carbocycles. The van der Waals surface area contributed by atoms with Gasteiger partial charge in [0.1, 0.15) is 11.6 Å². The molecule has 1 N–H and O–H groups in total. The van der Waals surface area contributed by atoms with Gasteiger partial charge in [-0.3, -0.25) is 9.69 Å². The molecule has 1 saturated heterocycles. The molecule has 2 aromatic rings. The van der Waals surface area contributed by atoms with Gasteiger partial charge in [-0.05, 0) is 24.3 Å². The van der Waals surface area contributed by atoms with Gasteiger partial charge in [-0.1, -0.05) is 12.1 Å². The number of hydrogen-bond acceptors (Lipinski definition) is 4. The van der Waals surface area contributed by atoms with Crippen LogP contribution in [0.5, 0.6) is 0 Å².